The summed E-state index contributed by atoms with van der Waals surface area (Å²) in [6.07, 6.45) is 0.0123. The molecule has 2 heterocycles. The lowest BCUT2D eigenvalue weighted by atomic mass is 10.1. The summed E-state index contributed by atoms with van der Waals surface area (Å²) in [6, 6.07) is 12.5. The second kappa shape index (κ2) is 12.7. The highest BCUT2D eigenvalue weighted by molar-refractivity contribution is 7.10. The number of carbonyl (C=O) groups excluding carboxylic acids is 3. The Morgan fingerprint density at radius 3 is 2.38 bits per heavy atom. The van der Waals surface area contributed by atoms with E-state index in [1.807, 2.05) is 6.92 Å². The fourth-order valence-corrected chi connectivity index (χ4v) is 5.18. The number of methoxy groups -OCH3 is 1. The standard InChI is InChI=1S/C28H30FN5O5S/c1-16(24-11-18(15-40-24)26(30)31)33-28(37)23-12-22(38-2)14-34(23)25(35)13-32-27(36)17-3-7-20(8-4-17)39-21-9-5-19(29)6-10-21/h3-11,15-16,22-23H,12-14H2,1-2H3,(H3,30,31)(H,32,36)(H,33,37)/t16-,22-,23+/m1/s1. The van der Waals surface area contributed by atoms with E-state index in [0.29, 0.717) is 29.0 Å². The Morgan fingerprint density at radius 2 is 1.77 bits per heavy atom. The second-order valence-electron chi connectivity index (χ2n) is 9.30. The van der Waals surface area contributed by atoms with Crippen molar-refractivity contribution in [3.8, 4) is 11.5 Å². The van der Waals surface area contributed by atoms with Gasteiger partial charge in [0.15, 0.2) is 0 Å². The molecular weight excluding hydrogens is 537 g/mol. The van der Waals surface area contributed by atoms with Gasteiger partial charge in [0.25, 0.3) is 5.91 Å². The van der Waals surface area contributed by atoms with Gasteiger partial charge in [0, 0.05) is 41.5 Å². The van der Waals surface area contributed by atoms with E-state index in [9.17, 15) is 18.8 Å². The van der Waals surface area contributed by atoms with Crippen LogP contribution in [0, 0.1) is 11.2 Å². The van der Waals surface area contributed by atoms with Crippen molar-refractivity contribution in [3.05, 3.63) is 81.8 Å². The lowest BCUT2D eigenvalue weighted by Crippen LogP contribution is -2.49. The predicted molar refractivity (Wildman–Crippen MR) is 148 cm³/mol. The van der Waals surface area contributed by atoms with Crippen molar-refractivity contribution in [1.29, 1.82) is 5.41 Å². The van der Waals surface area contributed by atoms with E-state index < -0.39 is 17.9 Å². The van der Waals surface area contributed by atoms with Crippen LogP contribution in [-0.4, -0.2) is 60.8 Å². The zero-order valence-corrected chi connectivity index (χ0v) is 22.8. The average Bonchev–Trinajstić information content (AvgIpc) is 3.62. The van der Waals surface area contributed by atoms with Crippen molar-refractivity contribution < 1.29 is 28.2 Å². The van der Waals surface area contributed by atoms with Gasteiger partial charge in [-0.25, -0.2) is 4.39 Å². The molecule has 1 aliphatic heterocycles. The van der Waals surface area contributed by atoms with Crippen LogP contribution in [0.3, 0.4) is 0 Å². The van der Waals surface area contributed by atoms with Gasteiger partial charge in [0.05, 0.1) is 18.7 Å². The monoisotopic (exact) mass is 567 g/mol. The maximum absolute atomic E-state index is 13.1. The van der Waals surface area contributed by atoms with Crippen LogP contribution in [-0.2, 0) is 14.3 Å². The minimum absolute atomic E-state index is 0.0483. The van der Waals surface area contributed by atoms with Crippen molar-refractivity contribution in [2.45, 2.75) is 31.5 Å². The maximum Gasteiger partial charge on any atom is 0.251 e. The van der Waals surface area contributed by atoms with E-state index in [1.54, 1.807) is 35.7 Å². The zero-order valence-electron chi connectivity index (χ0n) is 22.0. The summed E-state index contributed by atoms with van der Waals surface area (Å²) in [7, 11) is 1.52. The molecule has 3 amide bonds. The molecule has 0 saturated carbocycles. The van der Waals surface area contributed by atoms with Crippen LogP contribution >= 0.6 is 11.3 Å². The van der Waals surface area contributed by atoms with Gasteiger partial charge in [-0.3, -0.25) is 19.8 Å². The number of nitrogens with zero attached hydrogens (tertiary/aromatic N) is 1. The number of hydrogen-bond donors (Lipinski definition) is 4. The van der Waals surface area contributed by atoms with Gasteiger partial charge in [-0.15, -0.1) is 11.3 Å². The highest BCUT2D eigenvalue weighted by Crippen LogP contribution is 2.25. The molecule has 0 aliphatic carbocycles. The average molecular weight is 568 g/mol. The molecule has 5 N–H and O–H groups in total. The largest absolute Gasteiger partial charge is 0.457 e. The molecule has 12 heteroatoms. The van der Waals surface area contributed by atoms with Gasteiger partial charge in [-0.2, -0.15) is 0 Å². The zero-order chi connectivity index (χ0) is 28.8. The first kappa shape index (κ1) is 28.7. The summed E-state index contributed by atoms with van der Waals surface area (Å²) in [5.41, 5.74) is 6.44. The molecule has 0 unspecified atom stereocenters. The van der Waals surface area contributed by atoms with Crippen LogP contribution < -0.4 is 21.1 Å². The van der Waals surface area contributed by atoms with Crippen LogP contribution in [0.5, 0.6) is 11.5 Å². The van der Waals surface area contributed by atoms with Crippen molar-refractivity contribution >= 4 is 34.9 Å². The molecule has 4 rings (SSSR count). The number of thiophene rings is 1. The van der Waals surface area contributed by atoms with Crippen molar-refractivity contribution in [2.24, 2.45) is 5.73 Å². The van der Waals surface area contributed by atoms with Gasteiger partial charge in [0.1, 0.15) is 29.2 Å². The fourth-order valence-electron chi connectivity index (χ4n) is 4.27. The van der Waals surface area contributed by atoms with E-state index >= 15 is 0 Å². The van der Waals surface area contributed by atoms with Crippen LogP contribution in [0.15, 0.2) is 60.0 Å². The van der Waals surface area contributed by atoms with Crippen molar-refractivity contribution in [3.63, 3.8) is 0 Å². The number of hydrogen-bond acceptors (Lipinski definition) is 7. The van der Waals surface area contributed by atoms with E-state index in [-0.39, 0.29) is 42.8 Å². The number of nitrogens with one attached hydrogen (secondary N) is 3. The van der Waals surface area contributed by atoms with Crippen LogP contribution in [0.1, 0.15) is 40.2 Å². The highest BCUT2D eigenvalue weighted by Gasteiger charge is 2.40. The summed E-state index contributed by atoms with van der Waals surface area (Å²) in [6.45, 7) is 1.74. The summed E-state index contributed by atoms with van der Waals surface area (Å²) >= 11 is 1.38. The third-order valence-corrected chi connectivity index (χ3v) is 7.62. The van der Waals surface area contributed by atoms with Crippen molar-refractivity contribution in [2.75, 3.05) is 20.2 Å². The maximum atomic E-state index is 13.1. The van der Waals surface area contributed by atoms with Gasteiger partial charge in [0.2, 0.25) is 11.8 Å². The molecule has 10 nitrogen and oxygen atoms in total. The fraction of sp³-hybridized carbons (Fsp3) is 0.286. The number of rotatable bonds is 10. The SMILES string of the molecule is CO[C@@H]1C[C@@H](C(=O)N[C@H](C)c2cc(C(=N)N)cs2)N(C(=O)CNC(=O)c2ccc(Oc3ccc(F)cc3)cc2)C1. The quantitative estimate of drug-likeness (QED) is 0.219. The minimum atomic E-state index is -0.757. The lowest BCUT2D eigenvalue weighted by molar-refractivity contribution is -0.138. The number of halogens is 1. The van der Waals surface area contributed by atoms with Gasteiger partial charge in [-0.05, 0) is 61.5 Å². The van der Waals surface area contributed by atoms with Crippen LogP contribution in [0.2, 0.25) is 0 Å². The molecule has 1 fully saturated rings. The molecule has 1 aromatic heterocycles. The van der Waals surface area contributed by atoms with E-state index in [1.165, 1.54) is 47.6 Å². The summed E-state index contributed by atoms with van der Waals surface area (Å²) in [5, 5.41) is 14.8. The van der Waals surface area contributed by atoms with E-state index in [4.69, 9.17) is 20.6 Å². The number of carbonyl (C=O) groups is 3. The molecule has 3 aromatic rings. The highest BCUT2D eigenvalue weighted by atomic mass is 32.1. The van der Waals surface area contributed by atoms with E-state index in [0.717, 1.165) is 4.88 Å². The Labute approximate surface area is 234 Å². The van der Waals surface area contributed by atoms with Crippen LogP contribution in [0.4, 0.5) is 4.39 Å². The predicted octanol–water partition coefficient (Wildman–Crippen LogP) is 3.19. The molecule has 2 aromatic carbocycles. The second-order valence-corrected chi connectivity index (χ2v) is 10.2. The number of amidine groups is 1. The number of likely N-dealkylation sites (tertiary alicyclic amines) is 1. The minimum Gasteiger partial charge on any atom is -0.457 e. The molecule has 1 saturated heterocycles. The topological polar surface area (TPSA) is 147 Å². The van der Waals surface area contributed by atoms with Crippen molar-refractivity contribution in [1.82, 2.24) is 15.5 Å². The number of benzene rings is 2. The Balaban J connectivity index is 1.33. The molecule has 0 spiro atoms. The number of amides is 3. The Hall–Kier alpha value is -4.29. The Bertz CT molecular complexity index is 1380. The number of ether oxygens (including phenoxy) is 2. The molecule has 40 heavy (non-hydrogen) atoms. The van der Waals surface area contributed by atoms with Gasteiger partial charge in [-0.1, -0.05) is 0 Å². The van der Waals surface area contributed by atoms with Crippen LogP contribution in [0.25, 0.3) is 0 Å². The molecule has 210 valence electrons. The smallest absolute Gasteiger partial charge is 0.251 e. The first-order chi connectivity index (χ1) is 19.1. The summed E-state index contributed by atoms with van der Waals surface area (Å²) in [4.78, 5) is 41.1. The molecular formula is C28H30FN5O5S. The summed E-state index contributed by atoms with van der Waals surface area (Å²) in [5.74, 6) is -0.707. The first-order valence-electron chi connectivity index (χ1n) is 12.5. The third-order valence-electron chi connectivity index (χ3n) is 6.50. The number of nitrogens with two attached hydrogens (primary N) is 1. The first-order valence-corrected chi connectivity index (χ1v) is 13.4. The molecule has 3 atom stereocenters. The Morgan fingerprint density at radius 1 is 1.12 bits per heavy atom. The van der Waals surface area contributed by atoms with Gasteiger partial charge < -0.3 is 30.7 Å². The van der Waals surface area contributed by atoms with E-state index in [2.05, 4.69) is 10.6 Å². The third kappa shape index (κ3) is 7.01. The van der Waals surface area contributed by atoms with Gasteiger partial charge >= 0.3 is 0 Å². The summed E-state index contributed by atoms with van der Waals surface area (Å²) < 4.78 is 24.1. The molecule has 0 bridgehead atoms. The molecule has 0 radical (unpaired) electrons. The normalized spacial score (nSPS) is 17.2. The number of nitrogen functional groups attached to an aromatic ring is 1. The molecule has 1 aliphatic rings. The lowest BCUT2D eigenvalue weighted by Gasteiger charge is -2.25. The Kier molecular flexibility index (Phi) is 9.12.